The first kappa shape index (κ1) is 19.7. The molecule has 1 aliphatic heterocycles. The van der Waals surface area contributed by atoms with Crippen molar-refractivity contribution in [2.45, 2.75) is 6.54 Å². The molecule has 3 rings (SSSR count). The number of carbonyl (C=O) groups excluding carboxylic acids is 1. The summed E-state index contributed by atoms with van der Waals surface area (Å²) in [6.45, 7) is 4.08. The van der Waals surface area contributed by atoms with Gasteiger partial charge in [-0.05, 0) is 51.8 Å². The summed E-state index contributed by atoms with van der Waals surface area (Å²) in [6.07, 6.45) is 0. The highest BCUT2D eigenvalue weighted by molar-refractivity contribution is 9.11. The van der Waals surface area contributed by atoms with Crippen molar-refractivity contribution in [1.82, 2.24) is 9.80 Å². The zero-order chi connectivity index (χ0) is 18.5. The Balaban J connectivity index is 1.45. The maximum atomic E-state index is 12.4. The number of hydrogen-bond acceptors (Lipinski definition) is 3. The molecule has 138 valence electrons. The summed E-state index contributed by atoms with van der Waals surface area (Å²) in [6, 6.07) is 13.5. The van der Waals surface area contributed by atoms with E-state index in [1.807, 2.05) is 47.4 Å². The lowest BCUT2D eigenvalue weighted by Crippen LogP contribution is -2.49. The molecule has 0 aromatic heterocycles. The SMILES string of the molecule is O=C(COc1ccc(Br)cc1Br)N1CCN(Cc2ccc(Cl)cc2)CC1. The molecule has 2 aromatic rings. The Labute approximate surface area is 175 Å². The van der Waals surface area contributed by atoms with Crippen molar-refractivity contribution in [2.75, 3.05) is 32.8 Å². The molecule has 26 heavy (non-hydrogen) atoms. The maximum absolute atomic E-state index is 12.4. The highest BCUT2D eigenvalue weighted by atomic mass is 79.9. The van der Waals surface area contributed by atoms with E-state index in [1.165, 1.54) is 5.56 Å². The Hall–Kier alpha value is -1.08. The average molecular weight is 503 g/mol. The Bertz CT molecular complexity index is 763. The highest BCUT2D eigenvalue weighted by Gasteiger charge is 2.21. The van der Waals surface area contributed by atoms with E-state index in [0.717, 1.165) is 46.7 Å². The summed E-state index contributed by atoms with van der Waals surface area (Å²) in [5.74, 6) is 0.689. The molecule has 7 heteroatoms. The van der Waals surface area contributed by atoms with Crippen LogP contribution in [0.1, 0.15) is 5.56 Å². The van der Waals surface area contributed by atoms with Crippen molar-refractivity contribution in [1.29, 1.82) is 0 Å². The summed E-state index contributed by atoms with van der Waals surface area (Å²) in [4.78, 5) is 16.6. The Morgan fingerprint density at radius 1 is 1.04 bits per heavy atom. The van der Waals surface area contributed by atoms with Crippen LogP contribution in [-0.2, 0) is 11.3 Å². The fourth-order valence-electron chi connectivity index (χ4n) is 2.83. The van der Waals surface area contributed by atoms with Crippen LogP contribution >= 0.6 is 43.5 Å². The molecule has 1 fully saturated rings. The minimum Gasteiger partial charge on any atom is -0.483 e. The van der Waals surface area contributed by atoms with Crippen molar-refractivity contribution >= 4 is 49.4 Å². The minimum absolute atomic E-state index is 0.0194. The number of halogens is 3. The zero-order valence-corrected chi connectivity index (χ0v) is 18.1. The molecule has 1 saturated heterocycles. The molecule has 0 spiro atoms. The normalized spacial score (nSPS) is 15.1. The third-order valence-electron chi connectivity index (χ3n) is 4.29. The van der Waals surface area contributed by atoms with Crippen LogP contribution < -0.4 is 4.74 Å². The molecule has 0 unspecified atom stereocenters. The molecule has 1 amide bonds. The van der Waals surface area contributed by atoms with Gasteiger partial charge < -0.3 is 9.64 Å². The van der Waals surface area contributed by atoms with E-state index < -0.39 is 0 Å². The van der Waals surface area contributed by atoms with E-state index in [-0.39, 0.29) is 12.5 Å². The number of carbonyl (C=O) groups is 1. The van der Waals surface area contributed by atoms with Crippen LogP contribution in [0.15, 0.2) is 51.4 Å². The minimum atomic E-state index is 0.0194. The smallest absolute Gasteiger partial charge is 0.260 e. The predicted molar refractivity (Wildman–Crippen MR) is 111 cm³/mol. The van der Waals surface area contributed by atoms with Gasteiger partial charge in [-0.15, -0.1) is 0 Å². The van der Waals surface area contributed by atoms with Crippen molar-refractivity contribution in [3.63, 3.8) is 0 Å². The van der Waals surface area contributed by atoms with Crippen molar-refractivity contribution < 1.29 is 9.53 Å². The van der Waals surface area contributed by atoms with Gasteiger partial charge in [0.25, 0.3) is 5.91 Å². The maximum Gasteiger partial charge on any atom is 0.260 e. The quantitative estimate of drug-likeness (QED) is 0.600. The first-order chi connectivity index (χ1) is 12.5. The predicted octanol–water partition coefficient (Wildman–Crippen LogP) is 4.59. The lowest BCUT2D eigenvalue weighted by Gasteiger charge is -2.34. The van der Waals surface area contributed by atoms with Gasteiger partial charge >= 0.3 is 0 Å². The van der Waals surface area contributed by atoms with Crippen LogP contribution in [0.4, 0.5) is 0 Å². The van der Waals surface area contributed by atoms with Gasteiger partial charge in [-0.25, -0.2) is 0 Å². The average Bonchev–Trinajstić information content (AvgIpc) is 2.63. The summed E-state index contributed by atoms with van der Waals surface area (Å²) in [7, 11) is 0. The molecule has 0 bridgehead atoms. The fourth-order valence-corrected chi connectivity index (χ4v) is 4.11. The van der Waals surface area contributed by atoms with Gasteiger partial charge in [-0.2, -0.15) is 0 Å². The van der Waals surface area contributed by atoms with Gasteiger partial charge in [0.2, 0.25) is 0 Å². The molecule has 0 aliphatic carbocycles. The van der Waals surface area contributed by atoms with Crippen LogP contribution in [0, 0.1) is 0 Å². The van der Waals surface area contributed by atoms with Crippen LogP contribution in [-0.4, -0.2) is 48.5 Å². The first-order valence-corrected chi connectivity index (χ1v) is 10.3. The third-order valence-corrected chi connectivity index (χ3v) is 5.65. The number of nitrogens with zero attached hydrogens (tertiary/aromatic N) is 2. The van der Waals surface area contributed by atoms with Gasteiger partial charge in [0, 0.05) is 42.2 Å². The van der Waals surface area contributed by atoms with E-state index in [9.17, 15) is 4.79 Å². The number of rotatable bonds is 5. The fraction of sp³-hybridized carbons (Fsp3) is 0.316. The standard InChI is InChI=1S/C19H19Br2ClN2O2/c20-15-3-6-18(17(21)11-15)26-13-19(25)24-9-7-23(8-10-24)12-14-1-4-16(22)5-2-14/h1-6,11H,7-10,12-13H2. The Kier molecular flexibility index (Phi) is 6.98. The van der Waals surface area contributed by atoms with E-state index in [1.54, 1.807) is 0 Å². The van der Waals surface area contributed by atoms with Crippen molar-refractivity contribution in [2.24, 2.45) is 0 Å². The number of ether oxygens (including phenoxy) is 1. The molecule has 1 aliphatic rings. The number of amides is 1. The lowest BCUT2D eigenvalue weighted by atomic mass is 10.2. The highest BCUT2D eigenvalue weighted by Crippen LogP contribution is 2.28. The van der Waals surface area contributed by atoms with E-state index in [4.69, 9.17) is 16.3 Å². The molecule has 1 heterocycles. The van der Waals surface area contributed by atoms with E-state index in [2.05, 4.69) is 36.8 Å². The second-order valence-electron chi connectivity index (χ2n) is 6.15. The summed E-state index contributed by atoms with van der Waals surface area (Å²) in [5, 5.41) is 0.751. The second kappa shape index (κ2) is 9.22. The molecule has 0 radical (unpaired) electrons. The zero-order valence-electron chi connectivity index (χ0n) is 14.1. The molecule has 4 nitrogen and oxygen atoms in total. The van der Waals surface area contributed by atoms with Crippen molar-refractivity contribution in [3.05, 3.63) is 62.0 Å². The largest absolute Gasteiger partial charge is 0.483 e. The summed E-state index contributed by atoms with van der Waals surface area (Å²) < 4.78 is 7.44. The second-order valence-corrected chi connectivity index (χ2v) is 8.35. The van der Waals surface area contributed by atoms with Crippen LogP contribution in [0.3, 0.4) is 0 Å². The molecular formula is C19H19Br2ClN2O2. The van der Waals surface area contributed by atoms with Gasteiger partial charge in [0.1, 0.15) is 5.75 Å². The van der Waals surface area contributed by atoms with Crippen LogP contribution in [0.2, 0.25) is 5.02 Å². The molecular weight excluding hydrogens is 483 g/mol. The Morgan fingerprint density at radius 3 is 2.38 bits per heavy atom. The molecule has 0 atom stereocenters. The van der Waals surface area contributed by atoms with Gasteiger partial charge in [0.05, 0.1) is 4.47 Å². The van der Waals surface area contributed by atoms with E-state index >= 15 is 0 Å². The summed E-state index contributed by atoms with van der Waals surface area (Å²) in [5.41, 5.74) is 1.23. The number of piperazine rings is 1. The first-order valence-electron chi connectivity index (χ1n) is 8.34. The number of benzene rings is 2. The monoisotopic (exact) mass is 500 g/mol. The summed E-state index contributed by atoms with van der Waals surface area (Å²) >= 11 is 12.8. The van der Waals surface area contributed by atoms with Gasteiger partial charge in [-0.1, -0.05) is 39.7 Å². The number of hydrogen-bond donors (Lipinski definition) is 0. The lowest BCUT2D eigenvalue weighted by molar-refractivity contribution is -0.135. The van der Waals surface area contributed by atoms with Crippen LogP contribution in [0.5, 0.6) is 5.75 Å². The Morgan fingerprint density at radius 2 is 1.73 bits per heavy atom. The van der Waals surface area contributed by atoms with Crippen molar-refractivity contribution in [3.8, 4) is 5.75 Å². The van der Waals surface area contributed by atoms with Crippen LogP contribution in [0.25, 0.3) is 0 Å². The third kappa shape index (κ3) is 5.46. The molecule has 0 saturated carbocycles. The molecule has 0 N–H and O–H groups in total. The van der Waals surface area contributed by atoms with E-state index in [0.29, 0.717) is 5.75 Å². The van der Waals surface area contributed by atoms with Gasteiger partial charge in [0.15, 0.2) is 6.61 Å². The molecule has 2 aromatic carbocycles. The van der Waals surface area contributed by atoms with Gasteiger partial charge in [-0.3, -0.25) is 9.69 Å². The topological polar surface area (TPSA) is 32.8 Å².